The van der Waals surface area contributed by atoms with E-state index in [2.05, 4.69) is 12.0 Å². The Balaban J connectivity index is 1.92. The number of hydrogen-bond acceptors (Lipinski definition) is 3. The maximum absolute atomic E-state index is 12.8. The molecule has 0 aromatic carbocycles. The van der Waals surface area contributed by atoms with Crippen LogP contribution in [-0.2, 0) is 17.1 Å². The number of nitrogens with zero attached hydrogens (tertiary/aromatic N) is 3. The van der Waals surface area contributed by atoms with E-state index in [4.69, 9.17) is 0 Å². The highest BCUT2D eigenvalue weighted by molar-refractivity contribution is 7.89. The van der Waals surface area contributed by atoms with Crippen molar-refractivity contribution in [3.63, 3.8) is 0 Å². The van der Waals surface area contributed by atoms with Crippen LogP contribution in [0.25, 0.3) is 0 Å². The number of aromatic nitrogens is 2. The molecule has 2 fully saturated rings. The van der Waals surface area contributed by atoms with E-state index in [0.717, 1.165) is 19.3 Å². The molecule has 0 N–H and O–H groups in total. The lowest BCUT2D eigenvalue weighted by Gasteiger charge is -2.46. The van der Waals surface area contributed by atoms with E-state index in [1.807, 2.05) is 0 Å². The average Bonchev–Trinajstić information content (AvgIpc) is 2.87. The van der Waals surface area contributed by atoms with Gasteiger partial charge in [0.1, 0.15) is 4.90 Å². The summed E-state index contributed by atoms with van der Waals surface area (Å²) in [6.07, 6.45) is 8.61. The first-order valence-electron chi connectivity index (χ1n) is 7.50. The van der Waals surface area contributed by atoms with Gasteiger partial charge in [-0.25, -0.2) is 8.42 Å². The summed E-state index contributed by atoms with van der Waals surface area (Å²) >= 11 is 0. The van der Waals surface area contributed by atoms with Gasteiger partial charge in [0.15, 0.2) is 0 Å². The summed E-state index contributed by atoms with van der Waals surface area (Å²) in [5, 5.41) is 4.01. The number of hydrogen-bond donors (Lipinski definition) is 0. The Bertz CT molecular complexity index is 581. The lowest BCUT2D eigenvalue weighted by Crippen LogP contribution is -2.52. The lowest BCUT2D eigenvalue weighted by molar-refractivity contribution is 0.0827. The maximum atomic E-state index is 12.8. The zero-order valence-electron chi connectivity index (χ0n) is 12.2. The van der Waals surface area contributed by atoms with Gasteiger partial charge in [-0.3, -0.25) is 4.68 Å². The van der Waals surface area contributed by atoms with Gasteiger partial charge in [-0.2, -0.15) is 9.40 Å². The van der Waals surface area contributed by atoms with Crippen molar-refractivity contribution in [3.8, 4) is 0 Å². The molecule has 0 spiro atoms. The molecule has 1 aliphatic heterocycles. The SMILES string of the molecule is C[C@@H]1CCN(S(=O)(=O)c2cnn(C)c2)[C@@H]2CCCC[C@H]12. The van der Waals surface area contributed by atoms with Crippen LogP contribution in [-0.4, -0.2) is 35.1 Å². The first-order chi connectivity index (χ1) is 9.50. The second-order valence-electron chi connectivity index (χ2n) is 6.25. The summed E-state index contributed by atoms with van der Waals surface area (Å²) < 4.78 is 29.0. The van der Waals surface area contributed by atoms with Crippen LogP contribution in [0.3, 0.4) is 0 Å². The van der Waals surface area contributed by atoms with Crippen LogP contribution in [0.15, 0.2) is 17.3 Å². The highest BCUT2D eigenvalue weighted by Gasteiger charge is 2.43. The highest BCUT2D eigenvalue weighted by atomic mass is 32.2. The molecule has 0 bridgehead atoms. The molecule has 112 valence electrons. The molecule has 2 aliphatic rings. The topological polar surface area (TPSA) is 55.2 Å². The van der Waals surface area contributed by atoms with Crippen molar-refractivity contribution in [3.05, 3.63) is 12.4 Å². The Labute approximate surface area is 121 Å². The summed E-state index contributed by atoms with van der Waals surface area (Å²) in [5.74, 6) is 1.17. The third-order valence-electron chi connectivity index (χ3n) is 4.97. The van der Waals surface area contributed by atoms with Crippen molar-refractivity contribution in [1.82, 2.24) is 14.1 Å². The molecule has 5 nitrogen and oxygen atoms in total. The summed E-state index contributed by atoms with van der Waals surface area (Å²) in [7, 11) is -1.63. The fourth-order valence-corrected chi connectivity index (χ4v) is 5.54. The van der Waals surface area contributed by atoms with E-state index in [1.54, 1.807) is 22.2 Å². The fraction of sp³-hybridized carbons (Fsp3) is 0.786. The summed E-state index contributed by atoms with van der Waals surface area (Å²) in [6, 6.07) is 0.192. The van der Waals surface area contributed by atoms with Gasteiger partial charge in [-0.15, -0.1) is 0 Å². The molecule has 3 atom stereocenters. The van der Waals surface area contributed by atoms with E-state index in [9.17, 15) is 8.42 Å². The Morgan fingerprint density at radius 1 is 1.25 bits per heavy atom. The third-order valence-corrected chi connectivity index (χ3v) is 6.85. The van der Waals surface area contributed by atoms with Gasteiger partial charge < -0.3 is 0 Å². The molecule has 1 saturated heterocycles. The largest absolute Gasteiger partial charge is 0.274 e. The van der Waals surface area contributed by atoms with Gasteiger partial charge in [0.2, 0.25) is 10.0 Å². The van der Waals surface area contributed by atoms with Crippen LogP contribution >= 0.6 is 0 Å². The van der Waals surface area contributed by atoms with E-state index < -0.39 is 10.0 Å². The molecule has 3 rings (SSSR count). The van der Waals surface area contributed by atoms with Gasteiger partial charge in [0.25, 0.3) is 0 Å². The van der Waals surface area contributed by atoms with E-state index in [1.165, 1.54) is 19.0 Å². The molecule has 0 radical (unpaired) electrons. The highest BCUT2D eigenvalue weighted by Crippen LogP contribution is 2.40. The summed E-state index contributed by atoms with van der Waals surface area (Å²) in [4.78, 5) is 0.332. The molecule has 6 heteroatoms. The number of sulfonamides is 1. The van der Waals surface area contributed by atoms with Gasteiger partial charge in [0, 0.05) is 25.8 Å². The average molecular weight is 297 g/mol. The first-order valence-corrected chi connectivity index (χ1v) is 8.94. The minimum absolute atomic E-state index is 0.192. The zero-order valence-corrected chi connectivity index (χ0v) is 13.0. The van der Waals surface area contributed by atoms with Crippen molar-refractivity contribution in [1.29, 1.82) is 0 Å². The van der Waals surface area contributed by atoms with Gasteiger partial charge in [0.05, 0.1) is 6.20 Å². The molecular weight excluding hydrogens is 274 g/mol. The Hall–Kier alpha value is -0.880. The van der Waals surface area contributed by atoms with Gasteiger partial charge in [-0.1, -0.05) is 19.8 Å². The molecule has 1 aromatic rings. The molecule has 0 unspecified atom stereocenters. The standard InChI is InChI=1S/C14H23N3O2S/c1-11-7-8-17(14-6-4-3-5-13(11)14)20(18,19)12-9-15-16(2)10-12/h9-11,13-14H,3-8H2,1-2H3/t11-,13-,14-/m1/s1. The van der Waals surface area contributed by atoms with Gasteiger partial charge in [-0.05, 0) is 31.1 Å². The molecule has 20 heavy (non-hydrogen) atoms. The molecule has 0 amide bonds. The normalized spacial score (nSPS) is 32.0. The Morgan fingerprint density at radius 2 is 2.00 bits per heavy atom. The van der Waals surface area contributed by atoms with Crippen molar-refractivity contribution in [2.75, 3.05) is 6.54 Å². The van der Waals surface area contributed by atoms with E-state index >= 15 is 0 Å². The van der Waals surface area contributed by atoms with Crippen molar-refractivity contribution >= 4 is 10.0 Å². The van der Waals surface area contributed by atoms with Crippen LogP contribution in [0.5, 0.6) is 0 Å². The summed E-state index contributed by atoms with van der Waals surface area (Å²) in [6.45, 7) is 2.93. The van der Waals surface area contributed by atoms with Gasteiger partial charge >= 0.3 is 0 Å². The second-order valence-corrected chi connectivity index (χ2v) is 8.14. The van der Waals surface area contributed by atoms with Crippen molar-refractivity contribution < 1.29 is 8.42 Å². The van der Waals surface area contributed by atoms with Crippen molar-refractivity contribution in [2.45, 2.75) is 50.0 Å². The first kappa shape index (κ1) is 14.1. The molecule has 2 heterocycles. The lowest BCUT2D eigenvalue weighted by atomic mass is 9.74. The number of piperidine rings is 1. The number of fused-ring (bicyclic) bond motifs is 1. The smallest absolute Gasteiger partial charge is 0.246 e. The third kappa shape index (κ3) is 2.29. The second kappa shape index (κ2) is 5.15. The minimum atomic E-state index is -3.39. The monoisotopic (exact) mass is 297 g/mol. The number of rotatable bonds is 2. The quantitative estimate of drug-likeness (QED) is 0.839. The Morgan fingerprint density at radius 3 is 2.70 bits per heavy atom. The minimum Gasteiger partial charge on any atom is -0.274 e. The predicted octanol–water partition coefficient (Wildman–Crippen LogP) is 2.01. The van der Waals surface area contributed by atoms with E-state index in [-0.39, 0.29) is 6.04 Å². The molecule has 1 aliphatic carbocycles. The molecule has 1 aromatic heterocycles. The van der Waals surface area contributed by atoms with Crippen LogP contribution in [0.2, 0.25) is 0 Å². The Kier molecular flexibility index (Phi) is 3.62. The zero-order chi connectivity index (χ0) is 14.3. The van der Waals surface area contributed by atoms with Crippen LogP contribution in [0, 0.1) is 11.8 Å². The molecule has 1 saturated carbocycles. The van der Waals surface area contributed by atoms with E-state index in [0.29, 0.717) is 23.3 Å². The van der Waals surface area contributed by atoms with Crippen LogP contribution < -0.4 is 0 Å². The van der Waals surface area contributed by atoms with Crippen LogP contribution in [0.4, 0.5) is 0 Å². The predicted molar refractivity (Wildman–Crippen MR) is 76.6 cm³/mol. The maximum Gasteiger partial charge on any atom is 0.246 e. The fourth-order valence-electron chi connectivity index (χ4n) is 3.84. The van der Waals surface area contributed by atoms with Crippen molar-refractivity contribution in [2.24, 2.45) is 18.9 Å². The summed E-state index contributed by atoms with van der Waals surface area (Å²) in [5.41, 5.74) is 0. The van der Waals surface area contributed by atoms with Crippen LogP contribution in [0.1, 0.15) is 39.0 Å². The number of aryl methyl sites for hydroxylation is 1. The molecular formula is C14H23N3O2S.